The number of hydrogen-bond donors (Lipinski definition) is 1. The molecule has 0 aliphatic heterocycles. The number of halogens is 1. The molecule has 0 aliphatic carbocycles. The van der Waals surface area contributed by atoms with Gasteiger partial charge >= 0.3 is 5.97 Å². The maximum atomic E-state index is 12.2. The fraction of sp³-hybridized carbons (Fsp3) is 0.200. The van der Waals surface area contributed by atoms with Gasteiger partial charge in [0.2, 0.25) is 0 Å². The van der Waals surface area contributed by atoms with Gasteiger partial charge in [0.15, 0.2) is 0 Å². The molecular weight excluding hydrogens is 354 g/mol. The van der Waals surface area contributed by atoms with Gasteiger partial charge in [0.25, 0.3) is 5.91 Å². The highest BCUT2D eigenvalue weighted by Gasteiger charge is 2.16. The Bertz CT molecular complexity index is 662. The van der Waals surface area contributed by atoms with Crippen molar-refractivity contribution < 1.29 is 14.3 Å². The van der Waals surface area contributed by atoms with Gasteiger partial charge in [0.1, 0.15) is 0 Å². The minimum atomic E-state index is -0.447. The molecule has 1 heterocycles. The largest absolute Gasteiger partial charge is 0.462 e. The third-order valence-electron chi connectivity index (χ3n) is 2.75. The molecule has 0 saturated heterocycles. The van der Waals surface area contributed by atoms with Crippen molar-refractivity contribution in [3.8, 4) is 0 Å². The average Bonchev–Trinajstić information content (AvgIpc) is 2.79. The van der Waals surface area contributed by atoms with Crippen LogP contribution in [0.5, 0.6) is 0 Å². The van der Waals surface area contributed by atoms with Crippen LogP contribution in [0.3, 0.4) is 0 Å². The molecule has 0 atom stereocenters. The fourth-order valence-corrected chi connectivity index (χ4v) is 3.16. The maximum Gasteiger partial charge on any atom is 0.340 e. The SMILES string of the molecule is CCOC(=O)c1ccccc1NC(=O)c1cc(C)c(Br)s1. The Hall–Kier alpha value is -1.66. The first-order chi connectivity index (χ1) is 10.0. The molecule has 110 valence electrons. The molecular formula is C15H14BrNO3S. The number of carbonyl (C=O) groups is 2. The zero-order valence-electron chi connectivity index (χ0n) is 11.6. The van der Waals surface area contributed by atoms with Crippen LogP contribution in [0.25, 0.3) is 0 Å². The molecule has 0 fully saturated rings. The van der Waals surface area contributed by atoms with E-state index in [-0.39, 0.29) is 12.5 Å². The third kappa shape index (κ3) is 3.71. The first kappa shape index (κ1) is 15.7. The second-order valence-corrected chi connectivity index (χ2v) is 6.66. The lowest BCUT2D eigenvalue weighted by Crippen LogP contribution is -2.14. The number of esters is 1. The number of nitrogens with one attached hydrogen (secondary N) is 1. The van der Waals surface area contributed by atoms with Crippen LogP contribution >= 0.6 is 27.3 Å². The molecule has 0 aliphatic rings. The Morgan fingerprint density at radius 3 is 2.67 bits per heavy atom. The number of hydrogen-bond acceptors (Lipinski definition) is 4. The van der Waals surface area contributed by atoms with Crippen molar-refractivity contribution >= 4 is 44.8 Å². The number of benzene rings is 1. The van der Waals surface area contributed by atoms with Gasteiger partial charge in [-0.1, -0.05) is 12.1 Å². The fourth-order valence-electron chi connectivity index (χ4n) is 1.73. The molecule has 1 aromatic carbocycles. The summed E-state index contributed by atoms with van der Waals surface area (Å²) in [5, 5.41) is 2.76. The van der Waals surface area contributed by atoms with Gasteiger partial charge in [-0.15, -0.1) is 11.3 Å². The number of amides is 1. The molecule has 2 rings (SSSR count). The lowest BCUT2D eigenvalue weighted by molar-refractivity contribution is 0.0527. The second-order valence-electron chi connectivity index (χ2n) is 4.29. The number of anilines is 1. The lowest BCUT2D eigenvalue weighted by atomic mass is 10.1. The Labute approximate surface area is 135 Å². The van der Waals surface area contributed by atoms with E-state index in [1.807, 2.05) is 6.92 Å². The van der Waals surface area contributed by atoms with Crippen LogP contribution in [-0.4, -0.2) is 18.5 Å². The van der Waals surface area contributed by atoms with Crippen molar-refractivity contribution in [1.29, 1.82) is 0 Å². The van der Waals surface area contributed by atoms with Crippen LogP contribution in [0.4, 0.5) is 5.69 Å². The monoisotopic (exact) mass is 367 g/mol. The summed E-state index contributed by atoms with van der Waals surface area (Å²) >= 11 is 4.75. The summed E-state index contributed by atoms with van der Waals surface area (Å²) < 4.78 is 5.91. The van der Waals surface area contributed by atoms with E-state index < -0.39 is 5.97 Å². The van der Waals surface area contributed by atoms with Crippen molar-refractivity contribution in [2.45, 2.75) is 13.8 Å². The highest BCUT2D eigenvalue weighted by atomic mass is 79.9. The Kier molecular flexibility index (Phi) is 5.14. The van der Waals surface area contributed by atoms with E-state index in [0.717, 1.165) is 9.35 Å². The zero-order chi connectivity index (χ0) is 15.4. The summed E-state index contributed by atoms with van der Waals surface area (Å²) in [4.78, 5) is 24.7. The summed E-state index contributed by atoms with van der Waals surface area (Å²) in [6.45, 7) is 3.95. The quantitative estimate of drug-likeness (QED) is 0.821. The van der Waals surface area contributed by atoms with E-state index in [1.54, 1.807) is 37.3 Å². The number of thiophene rings is 1. The van der Waals surface area contributed by atoms with Crippen LogP contribution in [0, 0.1) is 6.92 Å². The molecule has 0 unspecified atom stereocenters. The molecule has 1 amide bonds. The van der Waals surface area contributed by atoms with Crippen LogP contribution in [-0.2, 0) is 4.74 Å². The predicted octanol–water partition coefficient (Wildman–Crippen LogP) is 4.25. The number of carbonyl (C=O) groups excluding carboxylic acids is 2. The Balaban J connectivity index is 2.23. The summed E-state index contributed by atoms with van der Waals surface area (Å²) in [7, 11) is 0. The highest BCUT2D eigenvalue weighted by molar-refractivity contribution is 9.11. The minimum Gasteiger partial charge on any atom is -0.462 e. The van der Waals surface area contributed by atoms with Crippen molar-refractivity contribution in [2.75, 3.05) is 11.9 Å². The second kappa shape index (κ2) is 6.87. The molecule has 0 radical (unpaired) electrons. The predicted molar refractivity (Wildman–Crippen MR) is 87.1 cm³/mol. The van der Waals surface area contributed by atoms with Crippen molar-refractivity contribution in [2.24, 2.45) is 0 Å². The third-order valence-corrected chi connectivity index (χ3v) is 4.89. The molecule has 21 heavy (non-hydrogen) atoms. The van der Waals surface area contributed by atoms with E-state index in [0.29, 0.717) is 16.1 Å². The van der Waals surface area contributed by atoms with Crippen LogP contribution in [0.2, 0.25) is 0 Å². The summed E-state index contributed by atoms with van der Waals surface area (Å²) in [5.74, 6) is -0.692. The molecule has 1 aromatic heterocycles. The summed E-state index contributed by atoms with van der Waals surface area (Å²) in [6, 6.07) is 8.60. The number of aryl methyl sites for hydroxylation is 1. The molecule has 4 nitrogen and oxygen atoms in total. The van der Waals surface area contributed by atoms with Crippen molar-refractivity contribution in [3.63, 3.8) is 0 Å². The summed E-state index contributed by atoms with van der Waals surface area (Å²) in [5.41, 5.74) is 1.80. The molecule has 1 N–H and O–H groups in total. The number of para-hydroxylation sites is 1. The van der Waals surface area contributed by atoms with Gasteiger partial charge in [-0.3, -0.25) is 4.79 Å². The standard InChI is InChI=1S/C15H14BrNO3S/c1-3-20-15(19)10-6-4-5-7-11(10)17-14(18)12-8-9(2)13(16)21-12/h4-8H,3H2,1-2H3,(H,17,18). The van der Waals surface area contributed by atoms with Crippen LogP contribution in [0.1, 0.15) is 32.5 Å². The molecule has 6 heteroatoms. The Morgan fingerprint density at radius 1 is 1.33 bits per heavy atom. The number of ether oxygens (including phenoxy) is 1. The Morgan fingerprint density at radius 2 is 2.05 bits per heavy atom. The first-order valence-electron chi connectivity index (χ1n) is 6.36. The first-order valence-corrected chi connectivity index (χ1v) is 7.97. The van der Waals surface area contributed by atoms with Crippen molar-refractivity contribution in [3.05, 3.63) is 50.1 Å². The van der Waals surface area contributed by atoms with E-state index in [9.17, 15) is 9.59 Å². The molecule has 0 bridgehead atoms. The van der Waals surface area contributed by atoms with Crippen LogP contribution in [0.15, 0.2) is 34.1 Å². The van der Waals surface area contributed by atoms with Gasteiger partial charge < -0.3 is 10.1 Å². The minimum absolute atomic E-state index is 0.245. The van der Waals surface area contributed by atoms with E-state index >= 15 is 0 Å². The van der Waals surface area contributed by atoms with Gasteiger partial charge in [-0.2, -0.15) is 0 Å². The normalized spacial score (nSPS) is 10.2. The molecule has 0 saturated carbocycles. The van der Waals surface area contributed by atoms with Gasteiger partial charge in [-0.25, -0.2) is 4.79 Å². The van der Waals surface area contributed by atoms with Crippen molar-refractivity contribution in [1.82, 2.24) is 0 Å². The lowest BCUT2D eigenvalue weighted by Gasteiger charge is -2.09. The maximum absolute atomic E-state index is 12.2. The van der Waals surface area contributed by atoms with E-state index in [4.69, 9.17) is 4.74 Å². The van der Waals surface area contributed by atoms with Gasteiger partial charge in [-0.05, 0) is 53.5 Å². The van der Waals surface area contributed by atoms with Gasteiger partial charge in [0.05, 0.1) is 26.5 Å². The van der Waals surface area contributed by atoms with E-state index in [1.165, 1.54) is 11.3 Å². The van der Waals surface area contributed by atoms with Gasteiger partial charge in [0, 0.05) is 0 Å². The highest BCUT2D eigenvalue weighted by Crippen LogP contribution is 2.28. The molecule has 0 spiro atoms. The summed E-state index contributed by atoms with van der Waals surface area (Å²) in [6.07, 6.45) is 0. The zero-order valence-corrected chi connectivity index (χ0v) is 14.0. The average molecular weight is 368 g/mol. The topological polar surface area (TPSA) is 55.4 Å². The van der Waals surface area contributed by atoms with E-state index in [2.05, 4.69) is 21.2 Å². The smallest absolute Gasteiger partial charge is 0.340 e. The number of rotatable bonds is 4. The molecule has 2 aromatic rings. The van der Waals surface area contributed by atoms with Crippen LogP contribution < -0.4 is 5.32 Å².